The van der Waals surface area contributed by atoms with Gasteiger partial charge in [0.05, 0.1) is 23.9 Å². The van der Waals surface area contributed by atoms with E-state index in [9.17, 15) is 9.90 Å². The summed E-state index contributed by atoms with van der Waals surface area (Å²) >= 11 is 0. The fourth-order valence-corrected chi connectivity index (χ4v) is 2.91. The third-order valence-corrected chi connectivity index (χ3v) is 4.23. The average molecular weight is 335 g/mol. The molecular formula is C18H17N5O2. The van der Waals surface area contributed by atoms with Crippen molar-refractivity contribution in [3.63, 3.8) is 0 Å². The molecule has 0 saturated heterocycles. The van der Waals surface area contributed by atoms with E-state index in [4.69, 9.17) is 0 Å². The molecule has 0 amide bonds. The summed E-state index contributed by atoms with van der Waals surface area (Å²) in [6, 6.07) is 9.45. The zero-order valence-electron chi connectivity index (χ0n) is 13.9. The normalized spacial score (nSPS) is 11.3. The first-order chi connectivity index (χ1) is 12.1. The second-order valence-corrected chi connectivity index (χ2v) is 6.00. The molecule has 3 aromatic heterocycles. The first kappa shape index (κ1) is 15.3. The van der Waals surface area contributed by atoms with Crippen molar-refractivity contribution >= 4 is 28.1 Å². The second-order valence-electron chi connectivity index (χ2n) is 6.00. The molecule has 0 aliphatic heterocycles. The second kappa shape index (κ2) is 5.71. The van der Waals surface area contributed by atoms with Gasteiger partial charge in [0, 0.05) is 24.3 Å². The smallest absolute Gasteiger partial charge is 0.265 e. The minimum atomic E-state index is -0.389. The molecule has 4 rings (SSSR count). The lowest BCUT2D eigenvalue weighted by Crippen LogP contribution is -2.22. The Balaban J connectivity index is 1.84. The Morgan fingerprint density at radius 3 is 2.88 bits per heavy atom. The number of aromatic nitrogens is 4. The van der Waals surface area contributed by atoms with E-state index in [1.54, 1.807) is 23.1 Å². The largest absolute Gasteiger partial charge is 0.391 e. The number of rotatable bonds is 3. The Kier molecular flexibility index (Phi) is 3.51. The molecule has 0 fully saturated rings. The van der Waals surface area contributed by atoms with Crippen molar-refractivity contribution < 1.29 is 5.11 Å². The van der Waals surface area contributed by atoms with Gasteiger partial charge < -0.3 is 10.4 Å². The summed E-state index contributed by atoms with van der Waals surface area (Å²) in [5.74, 6) is 0.361. The summed E-state index contributed by atoms with van der Waals surface area (Å²) in [5, 5.41) is 18.0. The van der Waals surface area contributed by atoms with Crippen LogP contribution < -0.4 is 10.9 Å². The van der Waals surface area contributed by atoms with Gasteiger partial charge in [-0.2, -0.15) is 5.10 Å². The van der Waals surface area contributed by atoms with Crippen LogP contribution in [0.4, 0.5) is 11.5 Å². The highest BCUT2D eigenvalue weighted by Gasteiger charge is 2.13. The molecular weight excluding hydrogens is 318 g/mol. The molecule has 0 aliphatic carbocycles. The SMILES string of the molecule is Cc1ccc2nc(Nc3ccc4c(cnn4C)c3)c(CO)c(=O)n2c1. The van der Waals surface area contributed by atoms with Crippen molar-refractivity contribution in [1.82, 2.24) is 19.2 Å². The maximum Gasteiger partial charge on any atom is 0.265 e. The van der Waals surface area contributed by atoms with Crippen molar-refractivity contribution in [3.05, 3.63) is 64.2 Å². The molecule has 1 aromatic carbocycles. The van der Waals surface area contributed by atoms with Crippen molar-refractivity contribution in [2.24, 2.45) is 7.05 Å². The number of pyridine rings is 1. The third-order valence-electron chi connectivity index (χ3n) is 4.23. The number of nitrogens with zero attached hydrogens (tertiary/aromatic N) is 4. The molecule has 25 heavy (non-hydrogen) atoms. The number of anilines is 2. The lowest BCUT2D eigenvalue weighted by atomic mass is 10.2. The zero-order chi connectivity index (χ0) is 17.6. The fraction of sp³-hybridized carbons (Fsp3) is 0.167. The van der Waals surface area contributed by atoms with Gasteiger partial charge >= 0.3 is 0 Å². The number of aliphatic hydroxyl groups is 1. The van der Waals surface area contributed by atoms with Crippen LogP contribution in [0.3, 0.4) is 0 Å². The quantitative estimate of drug-likeness (QED) is 0.599. The average Bonchev–Trinajstić information content (AvgIpc) is 2.97. The summed E-state index contributed by atoms with van der Waals surface area (Å²) < 4.78 is 3.25. The van der Waals surface area contributed by atoms with E-state index in [0.29, 0.717) is 11.5 Å². The number of hydrogen-bond acceptors (Lipinski definition) is 5. The van der Waals surface area contributed by atoms with Gasteiger partial charge in [-0.25, -0.2) is 4.98 Å². The Bertz CT molecular complexity index is 1160. The monoisotopic (exact) mass is 335 g/mol. The van der Waals surface area contributed by atoms with Crippen molar-refractivity contribution in [2.75, 3.05) is 5.32 Å². The van der Waals surface area contributed by atoms with E-state index < -0.39 is 0 Å². The van der Waals surface area contributed by atoms with Gasteiger partial charge in [0.2, 0.25) is 0 Å². The molecule has 0 saturated carbocycles. The minimum absolute atomic E-state index is 0.231. The Hall–Kier alpha value is -3.19. The predicted molar refractivity (Wildman–Crippen MR) is 96.1 cm³/mol. The number of hydrogen-bond donors (Lipinski definition) is 2. The van der Waals surface area contributed by atoms with Crippen molar-refractivity contribution in [3.8, 4) is 0 Å². The van der Waals surface area contributed by atoms with Gasteiger partial charge in [-0.3, -0.25) is 13.9 Å². The molecule has 3 heterocycles. The number of nitrogens with one attached hydrogen (secondary N) is 1. The topological polar surface area (TPSA) is 84.4 Å². The molecule has 126 valence electrons. The first-order valence-electron chi connectivity index (χ1n) is 7.88. The van der Waals surface area contributed by atoms with Gasteiger partial charge in [0.25, 0.3) is 5.56 Å². The van der Waals surface area contributed by atoms with E-state index in [1.807, 2.05) is 38.2 Å². The van der Waals surface area contributed by atoms with Crippen LogP contribution in [0.2, 0.25) is 0 Å². The highest BCUT2D eigenvalue weighted by molar-refractivity contribution is 5.83. The predicted octanol–water partition coefficient (Wildman–Crippen LogP) is 2.13. The Morgan fingerprint density at radius 2 is 2.08 bits per heavy atom. The molecule has 0 spiro atoms. The van der Waals surface area contributed by atoms with E-state index in [2.05, 4.69) is 15.4 Å². The summed E-state index contributed by atoms with van der Waals surface area (Å²) in [5.41, 5.74) is 3.21. The molecule has 0 radical (unpaired) electrons. The molecule has 0 aliphatic rings. The van der Waals surface area contributed by atoms with Crippen LogP contribution in [0.5, 0.6) is 0 Å². The van der Waals surface area contributed by atoms with E-state index in [-0.39, 0.29) is 17.7 Å². The molecule has 2 N–H and O–H groups in total. The molecule has 4 aromatic rings. The number of aliphatic hydroxyl groups excluding tert-OH is 1. The molecule has 0 bridgehead atoms. The maximum absolute atomic E-state index is 12.6. The lowest BCUT2D eigenvalue weighted by Gasteiger charge is -2.12. The van der Waals surface area contributed by atoms with Crippen LogP contribution in [0, 0.1) is 6.92 Å². The summed E-state index contributed by atoms with van der Waals surface area (Å²) in [6.07, 6.45) is 3.49. The molecule has 0 atom stereocenters. The number of benzene rings is 1. The van der Waals surface area contributed by atoms with Gasteiger partial charge in [-0.1, -0.05) is 6.07 Å². The maximum atomic E-state index is 12.6. The Labute approximate surface area is 143 Å². The van der Waals surface area contributed by atoms with Crippen LogP contribution in [0.25, 0.3) is 16.6 Å². The lowest BCUT2D eigenvalue weighted by molar-refractivity contribution is 0.280. The summed E-state index contributed by atoms with van der Waals surface area (Å²) in [6.45, 7) is 1.51. The van der Waals surface area contributed by atoms with Crippen LogP contribution in [-0.4, -0.2) is 24.3 Å². The minimum Gasteiger partial charge on any atom is -0.391 e. The fourth-order valence-electron chi connectivity index (χ4n) is 2.91. The standard InChI is InChI=1S/C18H17N5O2/c1-11-3-6-16-21-17(14(10-24)18(25)23(16)9-11)20-13-4-5-15-12(7-13)8-19-22(15)2/h3-9,20,24H,10H2,1-2H3. The Morgan fingerprint density at radius 1 is 1.24 bits per heavy atom. The van der Waals surface area contributed by atoms with Gasteiger partial charge in [-0.15, -0.1) is 0 Å². The van der Waals surface area contributed by atoms with Crippen LogP contribution in [-0.2, 0) is 13.7 Å². The van der Waals surface area contributed by atoms with E-state index in [0.717, 1.165) is 22.2 Å². The van der Waals surface area contributed by atoms with Crippen molar-refractivity contribution in [2.45, 2.75) is 13.5 Å². The zero-order valence-corrected chi connectivity index (χ0v) is 13.9. The van der Waals surface area contributed by atoms with Crippen LogP contribution >= 0.6 is 0 Å². The molecule has 0 unspecified atom stereocenters. The third kappa shape index (κ3) is 2.54. The van der Waals surface area contributed by atoms with Gasteiger partial charge in [-0.05, 0) is 36.8 Å². The van der Waals surface area contributed by atoms with E-state index in [1.165, 1.54) is 4.40 Å². The number of fused-ring (bicyclic) bond motifs is 2. The molecule has 7 heteroatoms. The van der Waals surface area contributed by atoms with Gasteiger partial charge in [0.1, 0.15) is 11.5 Å². The summed E-state index contributed by atoms with van der Waals surface area (Å²) in [7, 11) is 1.88. The van der Waals surface area contributed by atoms with Gasteiger partial charge in [0.15, 0.2) is 0 Å². The number of aryl methyl sites for hydroxylation is 2. The van der Waals surface area contributed by atoms with Crippen LogP contribution in [0.15, 0.2) is 47.5 Å². The first-order valence-corrected chi connectivity index (χ1v) is 7.88. The summed E-state index contributed by atoms with van der Waals surface area (Å²) in [4.78, 5) is 17.1. The van der Waals surface area contributed by atoms with E-state index >= 15 is 0 Å². The van der Waals surface area contributed by atoms with Crippen molar-refractivity contribution in [1.29, 1.82) is 0 Å². The highest BCUT2D eigenvalue weighted by atomic mass is 16.3. The highest BCUT2D eigenvalue weighted by Crippen LogP contribution is 2.22. The molecule has 7 nitrogen and oxygen atoms in total. The van der Waals surface area contributed by atoms with Crippen LogP contribution in [0.1, 0.15) is 11.1 Å².